The summed E-state index contributed by atoms with van der Waals surface area (Å²) in [5, 5.41) is 0.338. The standard InChI is InChI=1S/C20H18F2N2O2S/c1-3-10-24-19(26)14-6-4-5-7-17(14)23-20(24)27-12(2)18(25)13-8-9-15(21)16(22)11-13/h4-9,11-12H,3,10H2,1-2H3/t12-/m1/s1. The number of hydrogen-bond acceptors (Lipinski definition) is 4. The summed E-state index contributed by atoms with van der Waals surface area (Å²) < 4.78 is 28.1. The van der Waals surface area contributed by atoms with E-state index in [1.54, 1.807) is 35.8 Å². The Morgan fingerprint density at radius 3 is 2.63 bits per heavy atom. The molecule has 1 atom stereocenters. The van der Waals surface area contributed by atoms with Crippen LogP contribution in [0.5, 0.6) is 0 Å². The van der Waals surface area contributed by atoms with E-state index in [-0.39, 0.29) is 16.9 Å². The highest BCUT2D eigenvalue weighted by Gasteiger charge is 2.21. The van der Waals surface area contributed by atoms with E-state index < -0.39 is 16.9 Å². The molecule has 7 heteroatoms. The number of ketones is 1. The van der Waals surface area contributed by atoms with Crippen LogP contribution in [-0.2, 0) is 6.54 Å². The lowest BCUT2D eigenvalue weighted by Crippen LogP contribution is -2.25. The third-order valence-electron chi connectivity index (χ3n) is 4.13. The first kappa shape index (κ1) is 19.2. The quantitative estimate of drug-likeness (QED) is 0.356. The van der Waals surface area contributed by atoms with Gasteiger partial charge in [-0.2, -0.15) is 0 Å². The molecule has 1 aromatic heterocycles. The number of halogens is 2. The van der Waals surface area contributed by atoms with Gasteiger partial charge in [0.2, 0.25) is 0 Å². The van der Waals surface area contributed by atoms with E-state index in [0.717, 1.165) is 30.3 Å². The number of para-hydroxylation sites is 1. The molecular formula is C20H18F2N2O2S. The molecule has 3 aromatic rings. The molecule has 0 aliphatic heterocycles. The Kier molecular flexibility index (Phi) is 5.70. The van der Waals surface area contributed by atoms with Gasteiger partial charge in [0.25, 0.3) is 5.56 Å². The highest BCUT2D eigenvalue weighted by Crippen LogP contribution is 2.25. The van der Waals surface area contributed by atoms with Crippen LogP contribution >= 0.6 is 11.8 Å². The van der Waals surface area contributed by atoms with Gasteiger partial charge in [0.15, 0.2) is 22.6 Å². The number of thioether (sulfide) groups is 1. The van der Waals surface area contributed by atoms with Gasteiger partial charge in [0.1, 0.15) is 0 Å². The summed E-state index contributed by atoms with van der Waals surface area (Å²) in [7, 11) is 0. The van der Waals surface area contributed by atoms with Gasteiger partial charge in [-0.25, -0.2) is 13.8 Å². The third-order valence-corrected chi connectivity index (χ3v) is 5.22. The lowest BCUT2D eigenvalue weighted by atomic mass is 10.1. The molecule has 0 saturated heterocycles. The predicted octanol–water partition coefficient (Wildman–Crippen LogP) is 4.45. The minimum absolute atomic E-state index is 0.0825. The monoisotopic (exact) mass is 388 g/mol. The highest BCUT2D eigenvalue weighted by atomic mass is 32.2. The van der Waals surface area contributed by atoms with Gasteiger partial charge >= 0.3 is 0 Å². The Balaban J connectivity index is 1.97. The zero-order valence-electron chi connectivity index (χ0n) is 14.9. The number of hydrogen-bond donors (Lipinski definition) is 0. The van der Waals surface area contributed by atoms with Crippen LogP contribution in [-0.4, -0.2) is 20.6 Å². The number of carbonyl (C=O) groups excluding carboxylic acids is 1. The number of rotatable bonds is 6. The molecule has 0 aliphatic rings. The van der Waals surface area contributed by atoms with E-state index >= 15 is 0 Å². The molecule has 0 aliphatic carbocycles. The summed E-state index contributed by atoms with van der Waals surface area (Å²) >= 11 is 1.14. The van der Waals surface area contributed by atoms with Crippen LogP contribution in [0.3, 0.4) is 0 Å². The van der Waals surface area contributed by atoms with Crippen LogP contribution in [0.25, 0.3) is 10.9 Å². The molecular weight excluding hydrogens is 370 g/mol. The second-order valence-electron chi connectivity index (χ2n) is 6.12. The molecule has 0 unspecified atom stereocenters. The zero-order chi connectivity index (χ0) is 19.6. The van der Waals surface area contributed by atoms with Crippen molar-refractivity contribution in [3.63, 3.8) is 0 Å². The fourth-order valence-corrected chi connectivity index (χ4v) is 3.77. The largest absolute Gasteiger partial charge is 0.293 e. The summed E-state index contributed by atoms with van der Waals surface area (Å²) in [6.07, 6.45) is 0.735. The molecule has 0 fully saturated rings. The second kappa shape index (κ2) is 8.00. The fraction of sp³-hybridized carbons (Fsp3) is 0.250. The van der Waals surface area contributed by atoms with Crippen LogP contribution in [0.4, 0.5) is 8.78 Å². The zero-order valence-corrected chi connectivity index (χ0v) is 15.7. The molecule has 0 bridgehead atoms. The van der Waals surface area contributed by atoms with Crippen molar-refractivity contribution in [3.05, 3.63) is 70.0 Å². The number of benzene rings is 2. The number of fused-ring (bicyclic) bond motifs is 1. The van der Waals surface area contributed by atoms with Crippen molar-refractivity contribution < 1.29 is 13.6 Å². The summed E-state index contributed by atoms with van der Waals surface area (Å²) in [4.78, 5) is 29.9. The molecule has 0 saturated carbocycles. The third kappa shape index (κ3) is 3.93. The van der Waals surface area contributed by atoms with Gasteiger partial charge < -0.3 is 0 Å². The Hall–Kier alpha value is -2.54. The number of nitrogens with zero attached hydrogens (tertiary/aromatic N) is 2. The molecule has 1 heterocycles. The van der Waals surface area contributed by atoms with Crippen LogP contribution in [0.1, 0.15) is 30.6 Å². The minimum Gasteiger partial charge on any atom is -0.293 e. The lowest BCUT2D eigenvalue weighted by molar-refractivity contribution is 0.0993. The van der Waals surface area contributed by atoms with Gasteiger partial charge in [0, 0.05) is 12.1 Å². The van der Waals surface area contributed by atoms with E-state index in [4.69, 9.17) is 0 Å². The maximum Gasteiger partial charge on any atom is 0.262 e. The maximum absolute atomic E-state index is 13.4. The van der Waals surface area contributed by atoms with Crippen molar-refractivity contribution in [1.29, 1.82) is 0 Å². The summed E-state index contributed by atoms with van der Waals surface area (Å²) in [5.74, 6) is -2.42. The topological polar surface area (TPSA) is 52.0 Å². The van der Waals surface area contributed by atoms with Crippen molar-refractivity contribution in [3.8, 4) is 0 Å². The average molecular weight is 388 g/mol. The lowest BCUT2D eigenvalue weighted by Gasteiger charge is -2.15. The Morgan fingerprint density at radius 1 is 1.19 bits per heavy atom. The molecule has 27 heavy (non-hydrogen) atoms. The van der Waals surface area contributed by atoms with Gasteiger partial charge in [-0.1, -0.05) is 30.8 Å². The average Bonchev–Trinajstić information content (AvgIpc) is 2.66. The molecule has 3 rings (SSSR count). The van der Waals surface area contributed by atoms with Crippen LogP contribution in [0.2, 0.25) is 0 Å². The summed E-state index contributed by atoms with van der Waals surface area (Å²) in [5.41, 5.74) is 0.487. The predicted molar refractivity (Wildman–Crippen MR) is 102 cm³/mol. The van der Waals surface area contributed by atoms with Crippen LogP contribution in [0, 0.1) is 11.6 Å². The number of carbonyl (C=O) groups is 1. The Bertz CT molecular complexity index is 1070. The molecule has 0 spiro atoms. The van der Waals surface area contributed by atoms with Crippen molar-refractivity contribution in [2.75, 3.05) is 0 Å². The molecule has 140 valence electrons. The highest BCUT2D eigenvalue weighted by molar-refractivity contribution is 8.00. The minimum atomic E-state index is -1.07. The van der Waals surface area contributed by atoms with Gasteiger partial charge in [-0.05, 0) is 43.7 Å². The van der Waals surface area contributed by atoms with E-state index in [0.29, 0.717) is 22.6 Å². The van der Waals surface area contributed by atoms with Crippen LogP contribution < -0.4 is 5.56 Å². The smallest absolute Gasteiger partial charge is 0.262 e. The van der Waals surface area contributed by atoms with Gasteiger partial charge in [0.05, 0.1) is 16.2 Å². The Morgan fingerprint density at radius 2 is 1.93 bits per heavy atom. The van der Waals surface area contributed by atoms with E-state index in [1.807, 2.05) is 6.92 Å². The van der Waals surface area contributed by atoms with Crippen molar-refractivity contribution in [1.82, 2.24) is 9.55 Å². The van der Waals surface area contributed by atoms with E-state index in [1.165, 1.54) is 6.07 Å². The first-order chi connectivity index (χ1) is 12.9. The fourth-order valence-electron chi connectivity index (χ4n) is 2.75. The molecule has 0 N–H and O–H groups in total. The molecule has 0 amide bonds. The second-order valence-corrected chi connectivity index (χ2v) is 7.43. The molecule has 2 aromatic carbocycles. The summed E-state index contributed by atoms with van der Waals surface area (Å²) in [6, 6.07) is 10.1. The van der Waals surface area contributed by atoms with E-state index in [2.05, 4.69) is 4.98 Å². The van der Waals surface area contributed by atoms with Gasteiger partial charge in [-0.15, -0.1) is 0 Å². The first-order valence-corrected chi connectivity index (χ1v) is 9.45. The number of Topliss-reactive ketones (excluding diaryl/α,β-unsaturated/α-hetero) is 1. The normalized spacial score (nSPS) is 12.3. The van der Waals surface area contributed by atoms with Gasteiger partial charge in [-0.3, -0.25) is 14.2 Å². The maximum atomic E-state index is 13.4. The Labute approximate surface area is 159 Å². The first-order valence-electron chi connectivity index (χ1n) is 8.58. The number of aromatic nitrogens is 2. The van der Waals surface area contributed by atoms with Crippen LogP contribution in [0.15, 0.2) is 52.4 Å². The van der Waals surface area contributed by atoms with Crippen molar-refractivity contribution >= 4 is 28.4 Å². The van der Waals surface area contributed by atoms with Crippen molar-refractivity contribution in [2.24, 2.45) is 0 Å². The molecule has 4 nitrogen and oxygen atoms in total. The van der Waals surface area contributed by atoms with Crippen molar-refractivity contribution in [2.45, 2.75) is 37.2 Å². The molecule has 0 radical (unpaired) electrons. The SMILES string of the molecule is CCCn1c(S[C@H](C)C(=O)c2ccc(F)c(F)c2)nc2ccccc2c1=O. The summed E-state index contributed by atoms with van der Waals surface area (Å²) in [6.45, 7) is 4.09. The van der Waals surface area contributed by atoms with E-state index in [9.17, 15) is 18.4 Å².